The summed E-state index contributed by atoms with van der Waals surface area (Å²) in [7, 11) is 2.01. The van der Waals surface area contributed by atoms with Crippen LogP contribution in [0.2, 0.25) is 5.02 Å². The van der Waals surface area contributed by atoms with Gasteiger partial charge in [0, 0.05) is 6.04 Å². The van der Waals surface area contributed by atoms with Gasteiger partial charge in [0.25, 0.3) is 0 Å². The molecular formula is C14H21ClN2O. The van der Waals surface area contributed by atoms with Crippen molar-refractivity contribution in [3.05, 3.63) is 28.8 Å². The SMILES string of the molecule is CCOc1ccc(C(NC)C2CCNC2)cc1Cl. The van der Waals surface area contributed by atoms with Crippen molar-refractivity contribution in [1.29, 1.82) is 0 Å². The minimum atomic E-state index is 0.355. The molecule has 1 fully saturated rings. The normalized spacial score (nSPS) is 20.9. The highest BCUT2D eigenvalue weighted by molar-refractivity contribution is 6.32. The highest BCUT2D eigenvalue weighted by Crippen LogP contribution is 2.32. The van der Waals surface area contributed by atoms with E-state index >= 15 is 0 Å². The Kier molecular flexibility index (Phi) is 4.87. The number of rotatable bonds is 5. The predicted octanol–water partition coefficient (Wildman–Crippen LogP) is 2.61. The van der Waals surface area contributed by atoms with Gasteiger partial charge in [0.1, 0.15) is 5.75 Å². The topological polar surface area (TPSA) is 33.3 Å². The number of hydrogen-bond donors (Lipinski definition) is 2. The molecule has 18 heavy (non-hydrogen) atoms. The molecule has 4 heteroatoms. The molecule has 0 amide bonds. The molecule has 1 aliphatic rings. The van der Waals surface area contributed by atoms with Crippen molar-refractivity contribution in [3.63, 3.8) is 0 Å². The fourth-order valence-corrected chi connectivity index (χ4v) is 2.86. The molecule has 0 radical (unpaired) electrons. The van der Waals surface area contributed by atoms with E-state index in [0.717, 1.165) is 18.8 Å². The molecule has 2 N–H and O–H groups in total. The molecule has 1 aromatic carbocycles. The molecule has 0 aliphatic carbocycles. The Hall–Kier alpha value is -0.770. The second kappa shape index (κ2) is 6.41. The highest BCUT2D eigenvalue weighted by Gasteiger charge is 2.25. The monoisotopic (exact) mass is 268 g/mol. The molecule has 1 aromatic rings. The number of nitrogens with one attached hydrogen (secondary N) is 2. The van der Waals surface area contributed by atoms with Gasteiger partial charge in [0.05, 0.1) is 11.6 Å². The summed E-state index contributed by atoms with van der Waals surface area (Å²) in [6.45, 7) is 4.77. The second-order valence-corrected chi connectivity index (χ2v) is 5.05. The summed E-state index contributed by atoms with van der Waals surface area (Å²) in [5.41, 5.74) is 1.24. The van der Waals surface area contributed by atoms with Gasteiger partial charge in [0.2, 0.25) is 0 Å². The molecule has 2 rings (SSSR count). The fourth-order valence-electron chi connectivity index (χ4n) is 2.62. The summed E-state index contributed by atoms with van der Waals surface area (Å²) in [4.78, 5) is 0. The van der Waals surface area contributed by atoms with Gasteiger partial charge in [-0.05, 0) is 57.1 Å². The van der Waals surface area contributed by atoms with Crippen molar-refractivity contribution in [3.8, 4) is 5.75 Å². The molecule has 2 atom stereocenters. The zero-order chi connectivity index (χ0) is 13.0. The van der Waals surface area contributed by atoms with Gasteiger partial charge in [-0.25, -0.2) is 0 Å². The van der Waals surface area contributed by atoms with E-state index in [2.05, 4.69) is 16.7 Å². The largest absolute Gasteiger partial charge is 0.492 e. The molecule has 0 aromatic heterocycles. The van der Waals surface area contributed by atoms with Gasteiger partial charge in [-0.3, -0.25) is 0 Å². The highest BCUT2D eigenvalue weighted by atomic mass is 35.5. The van der Waals surface area contributed by atoms with E-state index in [0.29, 0.717) is 23.6 Å². The summed E-state index contributed by atoms with van der Waals surface area (Å²) < 4.78 is 5.47. The van der Waals surface area contributed by atoms with Gasteiger partial charge in [-0.1, -0.05) is 17.7 Å². The minimum Gasteiger partial charge on any atom is -0.492 e. The Bertz CT molecular complexity index is 391. The Balaban J connectivity index is 2.17. The van der Waals surface area contributed by atoms with Crippen molar-refractivity contribution in [2.75, 3.05) is 26.7 Å². The Morgan fingerprint density at radius 3 is 2.94 bits per heavy atom. The van der Waals surface area contributed by atoms with E-state index in [1.807, 2.05) is 26.1 Å². The first-order valence-corrected chi connectivity index (χ1v) is 6.94. The van der Waals surface area contributed by atoms with Crippen LogP contribution in [0, 0.1) is 5.92 Å². The number of benzene rings is 1. The molecule has 3 nitrogen and oxygen atoms in total. The van der Waals surface area contributed by atoms with Crippen LogP contribution in [0.4, 0.5) is 0 Å². The van der Waals surface area contributed by atoms with Crippen LogP contribution in [0.15, 0.2) is 18.2 Å². The molecular weight excluding hydrogens is 248 g/mol. The van der Waals surface area contributed by atoms with Crippen molar-refractivity contribution < 1.29 is 4.74 Å². The minimum absolute atomic E-state index is 0.355. The number of ether oxygens (including phenoxy) is 1. The van der Waals surface area contributed by atoms with E-state index in [9.17, 15) is 0 Å². The smallest absolute Gasteiger partial charge is 0.137 e. The molecule has 100 valence electrons. The standard InChI is InChI=1S/C14H21ClN2O/c1-3-18-13-5-4-10(8-12(13)15)14(16-2)11-6-7-17-9-11/h4-5,8,11,14,16-17H,3,6-7,9H2,1-2H3. The zero-order valence-corrected chi connectivity index (χ0v) is 11.8. The predicted molar refractivity (Wildman–Crippen MR) is 75.4 cm³/mol. The van der Waals surface area contributed by atoms with Crippen molar-refractivity contribution in [2.24, 2.45) is 5.92 Å². The van der Waals surface area contributed by atoms with Gasteiger partial charge >= 0.3 is 0 Å². The van der Waals surface area contributed by atoms with Crippen LogP contribution in [0.1, 0.15) is 24.9 Å². The Morgan fingerprint density at radius 2 is 2.39 bits per heavy atom. The summed E-state index contributed by atoms with van der Waals surface area (Å²) in [5.74, 6) is 1.39. The summed E-state index contributed by atoms with van der Waals surface area (Å²) >= 11 is 6.25. The van der Waals surface area contributed by atoms with Gasteiger partial charge in [-0.15, -0.1) is 0 Å². The lowest BCUT2D eigenvalue weighted by Crippen LogP contribution is -2.26. The van der Waals surface area contributed by atoms with Crippen LogP contribution in [0.25, 0.3) is 0 Å². The lowest BCUT2D eigenvalue weighted by Gasteiger charge is -2.23. The first kappa shape index (κ1) is 13.7. The average molecular weight is 269 g/mol. The summed E-state index contributed by atoms with van der Waals surface area (Å²) in [5, 5.41) is 7.50. The van der Waals surface area contributed by atoms with E-state index in [-0.39, 0.29) is 0 Å². The molecule has 1 aliphatic heterocycles. The lowest BCUT2D eigenvalue weighted by atomic mass is 9.92. The third kappa shape index (κ3) is 2.97. The number of hydrogen-bond acceptors (Lipinski definition) is 3. The van der Waals surface area contributed by atoms with Crippen LogP contribution in [0.5, 0.6) is 5.75 Å². The second-order valence-electron chi connectivity index (χ2n) is 4.64. The maximum atomic E-state index is 6.25. The maximum Gasteiger partial charge on any atom is 0.137 e. The molecule has 0 bridgehead atoms. The van der Waals surface area contributed by atoms with Gasteiger partial charge in [0.15, 0.2) is 0 Å². The van der Waals surface area contributed by atoms with Crippen LogP contribution >= 0.6 is 11.6 Å². The van der Waals surface area contributed by atoms with Crippen LogP contribution in [-0.2, 0) is 0 Å². The van der Waals surface area contributed by atoms with E-state index < -0.39 is 0 Å². The lowest BCUT2D eigenvalue weighted by molar-refractivity contribution is 0.340. The molecule has 0 saturated carbocycles. The molecule has 1 heterocycles. The van der Waals surface area contributed by atoms with Crippen LogP contribution in [0.3, 0.4) is 0 Å². The van der Waals surface area contributed by atoms with Crippen molar-refractivity contribution in [1.82, 2.24) is 10.6 Å². The van der Waals surface area contributed by atoms with Gasteiger partial charge < -0.3 is 15.4 Å². The first-order valence-electron chi connectivity index (χ1n) is 6.56. The molecule has 0 spiro atoms. The third-order valence-corrected chi connectivity index (χ3v) is 3.79. The summed E-state index contributed by atoms with van der Waals surface area (Å²) in [6, 6.07) is 6.45. The van der Waals surface area contributed by atoms with E-state index in [1.165, 1.54) is 12.0 Å². The van der Waals surface area contributed by atoms with Crippen LogP contribution < -0.4 is 15.4 Å². The fraction of sp³-hybridized carbons (Fsp3) is 0.571. The van der Waals surface area contributed by atoms with E-state index in [4.69, 9.17) is 16.3 Å². The number of halogens is 1. The quantitative estimate of drug-likeness (QED) is 0.861. The average Bonchev–Trinajstić information content (AvgIpc) is 2.87. The van der Waals surface area contributed by atoms with Crippen molar-refractivity contribution in [2.45, 2.75) is 19.4 Å². The Morgan fingerprint density at radius 1 is 1.56 bits per heavy atom. The van der Waals surface area contributed by atoms with Gasteiger partial charge in [-0.2, -0.15) is 0 Å². The zero-order valence-electron chi connectivity index (χ0n) is 11.0. The summed E-state index contributed by atoms with van der Waals surface area (Å²) in [6.07, 6.45) is 1.20. The molecule has 2 unspecified atom stereocenters. The Labute approximate surface area is 114 Å². The third-order valence-electron chi connectivity index (χ3n) is 3.50. The maximum absolute atomic E-state index is 6.25. The first-order chi connectivity index (χ1) is 8.76. The molecule has 1 saturated heterocycles. The van der Waals surface area contributed by atoms with Crippen LogP contribution in [-0.4, -0.2) is 26.7 Å². The van der Waals surface area contributed by atoms with E-state index in [1.54, 1.807) is 0 Å². The van der Waals surface area contributed by atoms with Crippen molar-refractivity contribution >= 4 is 11.6 Å².